The van der Waals surface area contributed by atoms with Gasteiger partial charge in [0.25, 0.3) is 0 Å². The number of aromatic amines is 2. The van der Waals surface area contributed by atoms with E-state index >= 15 is 0 Å². The molecule has 6 aromatic rings. The lowest BCUT2D eigenvalue weighted by Gasteiger charge is -2.42. The molecule has 1 atom stereocenters. The first-order valence-corrected chi connectivity index (χ1v) is 17.4. The van der Waals surface area contributed by atoms with Crippen molar-refractivity contribution in [3.8, 4) is 0 Å². The van der Waals surface area contributed by atoms with Gasteiger partial charge in [0.1, 0.15) is 0 Å². The van der Waals surface area contributed by atoms with Crippen molar-refractivity contribution in [3.63, 3.8) is 0 Å². The lowest BCUT2D eigenvalue weighted by atomic mass is 9.77. The minimum Gasteiger partial charge on any atom is -0.361 e. The highest BCUT2D eigenvalue weighted by Crippen LogP contribution is 2.40. The molecular weight excluding hydrogens is 574 g/mol. The van der Waals surface area contributed by atoms with Crippen LogP contribution in [0, 0.1) is 0 Å². The first kappa shape index (κ1) is 32.5. The van der Waals surface area contributed by atoms with Crippen LogP contribution in [-0.2, 0) is 25.7 Å². The van der Waals surface area contributed by atoms with Gasteiger partial charge >= 0.3 is 0 Å². The van der Waals surface area contributed by atoms with Gasteiger partial charge in [0, 0.05) is 64.0 Å². The molecule has 2 N–H and O–H groups in total. The quantitative estimate of drug-likeness (QED) is 0.151. The van der Waals surface area contributed by atoms with E-state index in [0.717, 1.165) is 38.5 Å². The summed E-state index contributed by atoms with van der Waals surface area (Å²) in [5, 5.41) is 2.71. The first-order valence-electron chi connectivity index (χ1n) is 17.4. The maximum absolute atomic E-state index is 4.16. The Hall–Kier alpha value is -4.48. The number of benzene rings is 2. The van der Waals surface area contributed by atoms with Gasteiger partial charge in [-0.2, -0.15) is 0 Å². The van der Waals surface area contributed by atoms with Crippen molar-refractivity contribution in [1.82, 2.24) is 24.8 Å². The Balaban J connectivity index is 0.000000191. The molecule has 2 aromatic carbocycles. The number of hydrogen-bond acceptors (Lipinski definition) is 3. The van der Waals surface area contributed by atoms with Crippen LogP contribution in [0.4, 0.5) is 0 Å². The Morgan fingerprint density at radius 1 is 0.745 bits per heavy atom. The summed E-state index contributed by atoms with van der Waals surface area (Å²) in [6.07, 6.45) is 23.8. The van der Waals surface area contributed by atoms with Crippen LogP contribution in [0.1, 0.15) is 73.4 Å². The number of nitrogens with zero attached hydrogens (tertiary/aromatic N) is 3. The predicted molar refractivity (Wildman–Crippen MR) is 198 cm³/mol. The highest BCUT2D eigenvalue weighted by molar-refractivity contribution is 5.89. The molecule has 0 radical (unpaired) electrons. The average molecular weight is 624 g/mol. The van der Waals surface area contributed by atoms with Crippen molar-refractivity contribution < 1.29 is 0 Å². The zero-order valence-corrected chi connectivity index (χ0v) is 28.3. The van der Waals surface area contributed by atoms with Gasteiger partial charge in [0.05, 0.1) is 0 Å². The van der Waals surface area contributed by atoms with Crippen LogP contribution in [0.3, 0.4) is 0 Å². The summed E-state index contributed by atoms with van der Waals surface area (Å²) in [4.78, 5) is 17.8. The standard InChI is InChI=1S/C27H35N3.C15H14N2/c1-4-5-16-27(30(2)3)17-12-22(13-18-27)26-24(11-10-21-14-19-28-20-15-21)23-8-6-7-9-25(23)29-26;1-2-4-15-14(3-1)13(11-17-15)6-5-12-7-9-16-10-8-12/h6-9,12,14-15,19-20,29H,4-5,10-11,13,16-18H2,1-3H3;1-4,7-11,17H,5-6H2. The van der Waals surface area contributed by atoms with Crippen LogP contribution in [0.25, 0.3) is 27.4 Å². The molecule has 0 fully saturated rings. The Kier molecular flexibility index (Phi) is 10.6. The molecule has 0 spiro atoms. The fraction of sp³-hybridized carbons (Fsp3) is 0.333. The number of nitrogens with one attached hydrogen (secondary N) is 2. The van der Waals surface area contributed by atoms with Crippen molar-refractivity contribution in [2.75, 3.05) is 14.1 Å². The molecule has 0 saturated heterocycles. The number of H-pyrrole nitrogens is 2. The van der Waals surface area contributed by atoms with Crippen molar-refractivity contribution in [3.05, 3.63) is 138 Å². The van der Waals surface area contributed by atoms with Crippen LogP contribution >= 0.6 is 0 Å². The summed E-state index contributed by atoms with van der Waals surface area (Å²) in [5.74, 6) is 0. The number of aromatic nitrogens is 4. The topological polar surface area (TPSA) is 60.6 Å². The molecule has 0 aliphatic heterocycles. The number of hydrogen-bond donors (Lipinski definition) is 2. The normalized spacial score (nSPS) is 16.3. The number of rotatable bonds is 11. The third-order valence-corrected chi connectivity index (χ3v) is 10.2. The minimum atomic E-state index is 0.322. The zero-order valence-electron chi connectivity index (χ0n) is 28.3. The lowest BCUT2D eigenvalue weighted by molar-refractivity contribution is 0.124. The summed E-state index contributed by atoms with van der Waals surface area (Å²) in [6.45, 7) is 2.30. The SMILES string of the molecule is CCCCC1(N(C)C)CC=C(c2[nH]c3ccccc3c2CCc2ccncc2)CC1.c1ccc2c(CCc3ccncc3)c[nH]c2c1. The summed E-state index contributed by atoms with van der Waals surface area (Å²) < 4.78 is 0. The Labute approximate surface area is 280 Å². The highest BCUT2D eigenvalue weighted by Gasteiger charge is 2.34. The fourth-order valence-corrected chi connectivity index (χ4v) is 7.19. The van der Waals surface area contributed by atoms with E-state index in [1.165, 1.54) is 81.0 Å². The summed E-state index contributed by atoms with van der Waals surface area (Å²) >= 11 is 0. The second-order valence-electron chi connectivity index (χ2n) is 13.3. The number of unbranched alkanes of at least 4 members (excludes halogenated alkanes) is 1. The molecule has 0 amide bonds. The van der Waals surface area contributed by atoms with Crippen molar-refractivity contribution in [2.24, 2.45) is 0 Å². The molecule has 5 nitrogen and oxygen atoms in total. The maximum atomic E-state index is 4.16. The van der Waals surface area contributed by atoms with E-state index in [4.69, 9.17) is 0 Å². The van der Waals surface area contributed by atoms with Crippen molar-refractivity contribution in [1.29, 1.82) is 0 Å². The van der Waals surface area contributed by atoms with Gasteiger partial charge in [-0.3, -0.25) is 9.97 Å². The lowest BCUT2D eigenvalue weighted by Crippen LogP contribution is -2.45. The van der Waals surface area contributed by atoms with Gasteiger partial charge in [-0.05, 0) is 130 Å². The minimum absolute atomic E-state index is 0.322. The van der Waals surface area contributed by atoms with Crippen molar-refractivity contribution in [2.45, 2.75) is 76.7 Å². The second kappa shape index (κ2) is 15.4. The van der Waals surface area contributed by atoms with E-state index in [2.05, 4.69) is 131 Å². The van der Waals surface area contributed by atoms with E-state index in [1.54, 1.807) is 0 Å². The van der Waals surface area contributed by atoms with Crippen LogP contribution in [-0.4, -0.2) is 44.5 Å². The molecule has 47 heavy (non-hydrogen) atoms. The van der Waals surface area contributed by atoms with Crippen LogP contribution in [0.15, 0.2) is 110 Å². The Bertz CT molecular complexity index is 1880. The fourth-order valence-electron chi connectivity index (χ4n) is 7.19. The number of fused-ring (bicyclic) bond motifs is 2. The Morgan fingerprint density at radius 3 is 2.02 bits per heavy atom. The molecule has 4 aromatic heterocycles. The van der Waals surface area contributed by atoms with E-state index in [9.17, 15) is 0 Å². The van der Waals surface area contributed by atoms with Crippen molar-refractivity contribution >= 4 is 27.4 Å². The molecule has 5 heteroatoms. The number of pyridine rings is 2. The molecule has 7 rings (SSSR count). The number of para-hydroxylation sites is 2. The van der Waals surface area contributed by atoms with E-state index < -0.39 is 0 Å². The molecule has 0 bridgehead atoms. The number of allylic oxidation sites excluding steroid dienone is 1. The molecule has 0 saturated carbocycles. The van der Waals surface area contributed by atoms with E-state index in [1.807, 2.05) is 24.8 Å². The summed E-state index contributed by atoms with van der Waals surface area (Å²) in [5.41, 5.74) is 11.2. The van der Waals surface area contributed by atoms with Gasteiger partial charge in [0.2, 0.25) is 0 Å². The van der Waals surface area contributed by atoms with Crippen LogP contribution in [0.5, 0.6) is 0 Å². The van der Waals surface area contributed by atoms with Gasteiger partial charge in [-0.15, -0.1) is 0 Å². The largest absolute Gasteiger partial charge is 0.361 e. The first-order chi connectivity index (χ1) is 23.1. The third kappa shape index (κ3) is 7.74. The van der Waals surface area contributed by atoms with Gasteiger partial charge in [0.15, 0.2) is 0 Å². The van der Waals surface area contributed by atoms with E-state index in [-0.39, 0.29) is 0 Å². The molecule has 1 aliphatic carbocycles. The molecule has 1 unspecified atom stereocenters. The molecule has 242 valence electrons. The molecular formula is C42H49N5. The highest BCUT2D eigenvalue weighted by atomic mass is 15.1. The molecule has 4 heterocycles. The zero-order chi connectivity index (χ0) is 32.5. The average Bonchev–Trinajstić information content (AvgIpc) is 3.71. The third-order valence-electron chi connectivity index (χ3n) is 10.2. The van der Waals surface area contributed by atoms with Crippen LogP contribution < -0.4 is 0 Å². The Morgan fingerprint density at radius 2 is 1.38 bits per heavy atom. The molecule has 1 aliphatic rings. The van der Waals surface area contributed by atoms with Crippen LogP contribution in [0.2, 0.25) is 0 Å². The van der Waals surface area contributed by atoms with Gasteiger partial charge < -0.3 is 14.9 Å². The van der Waals surface area contributed by atoms with Gasteiger partial charge in [-0.25, -0.2) is 0 Å². The van der Waals surface area contributed by atoms with Gasteiger partial charge in [-0.1, -0.05) is 62.2 Å². The summed E-state index contributed by atoms with van der Waals surface area (Å²) in [7, 11) is 4.52. The van der Waals surface area contributed by atoms with E-state index in [0.29, 0.717) is 5.54 Å². The predicted octanol–water partition coefficient (Wildman–Crippen LogP) is 9.75. The monoisotopic (exact) mass is 623 g/mol. The second-order valence-corrected chi connectivity index (χ2v) is 13.3. The smallest absolute Gasteiger partial charge is 0.0461 e. The number of aryl methyl sites for hydroxylation is 4. The maximum Gasteiger partial charge on any atom is 0.0461 e. The summed E-state index contributed by atoms with van der Waals surface area (Å²) in [6, 6.07) is 25.6.